The highest BCUT2D eigenvalue weighted by molar-refractivity contribution is 6.19. The van der Waals surface area contributed by atoms with E-state index < -0.39 is 11.0 Å². The zero-order chi connectivity index (χ0) is 36.5. The van der Waals surface area contributed by atoms with Crippen LogP contribution in [0.5, 0.6) is 5.75 Å². The fraction of sp³-hybridized carbons (Fsp3) is 0.170. The van der Waals surface area contributed by atoms with Gasteiger partial charge in [-0.3, -0.25) is 0 Å². The topological polar surface area (TPSA) is 12.5 Å². The lowest BCUT2D eigenvalue weighted by atomic mass is 9.67. The van der Waals surface area contributed by atoms with Crippen molar-refractivity contribution in [2.75, 3.05) is 18.0 Å². The molecule has 0 radical (unpaired) electrons. The fourth-order valence-electron chi connectivity index (χ4n) is 11.0. The minimum Gasteiger partial charge on any atom is -0.472 e. The maximum absolute atomic E-state index is 7.82. The average molecular weight is 708 g/mol. The van der Waals surface area contributed by atoms with Gasteiger partial charge in [-0.15, -0.1) is 0 Å². The molecule has 0 saturated carbocycles. The number of rotatable bonds is 3. The van der Waals surface area contributed by atoms with Crippen molar-refractivity contribution >= 4 is 44.1 Å². The monoisotopic (exact) mass is 707 g/mol. The Hall–Kier alpha value is -6.12. The normalized spacial score (nSPS) is 18.6. The van der Waals surface area contributed by atoms with Crippen molar-refractivity contribution in [3.05, 3.63) is 196 Å². The molecule has 0 N–H and O–H groups in total. The van der Waals surface area contributed by atoms with Crippen LogP contribution in [-0.2, 0) is 11.0 Å². The molecule has 8 aromatic carbocycles. The molecule has 2 heteroatoms. The SMILES string of the molecule is Cc1ccc2c(c1)C1(c3c4c(c5cc(C)ccc5c3-2)OC(c2ccccc2)(c2ccc(N3CCCCC3)cc2)C=C4)c2cccc3ccc4cccc1c4c23. The van der Waals surface area contributed by atoms with E-state index in [4.69, 9.17) is 4.74 Å². The van der Waals surface area contributed by atoms with E-state index in [1.807, 2.05) is 0 Å². The first-order chi connectivity index (χ1) is 27.1. The number of hydrogen-bond donors (Lipinski definition) is 0. The van der Waals surface area contributed by atoms with E-state index in [-0.39, 0.29) is 0 Å². The Morgan fingerprint density at radius 3 is 1.96 bits per heavy atom. The third-order valence-electron chi connectivity index (χ3n) is 13.3. The van der Waals surface area contributed by atoms with Crippen LogP contribution < -0.4 is 9.64 Å². The van der Waals surface area contributed by atoms with Crippen LogP contribution in [0.15, 0.2) is 146 Å². The van der Waals surface area contributed by atoms with Crippen LogP contribution in [-0.4, -0.2) is 13.1 Å². The van der Waals surface area contributed by atoms with E-state index in [1.165, 1.54) is 107 Å². The van der Waals surface area contributed by atoms with Crippen LogP contribution in [0.3, 0.4) is 0 Å². The third-order valence-corrected chi connectivity index (χ3v) is 13.3. The molecule has 264 valence electrons. The fourth-order valence-corrected chi connectivity index (χ4v) is 11.0. The van der Waals surface area contributed by atoms with Crippen molar-refractivity contribution in [3.8, 4) is 16.9 Å². The van der Waals surface area contributed by atoms with Crippen molar-refractivity contribution in [2.24, 2.45) is 0 Å². The van der Waals surface area contributed by atoms with Crippen molar-refractivity contribution in [1.29, 1.82) is 0 Å². The number of ether oxygens (including phenoxy) is 1. The highest BCUT2D eigenvalue weighted by Crippen LogP contribution is 2.66. The van der Waals surface area contributed by atoms with Crippen LogP contribution >= 0.6 is 0 Å². The Morgan fingerprint density at radius 1 is 0.564 bits per heavy atom. The molecule has 12 rings (SSSR count). The highest BCUT2D eigenvalue weighted by Gasteiger charge is 2.54. The van der Waals surface area contributed by atoms with Gasteiger partial charge in [-0.2, -0.15) is 0 Å². The van der Waals surface area contributed by atoms with Gasteiger partial charge in [0.15, 0.2) is 5.60 Å². The zero-order valence-corrected chi connectivity index (χ0v) is 31.3. The molecule has 2 aliphatic heterocycles. The summed E-state index contributed by atoms with van der Waals surface area (Å²) < 4.78 is 7.82. The van der Waals surface area contributed by atoms with Gasteiger partial charge in [-0.1, -0.05) is 139 Å². The summed E-state index contributed by atoms with van der Waals surface area (Å²) in [7, 11) is 0. The molecular formula is C53H41NO. The number of benzene rings is 8. The van der Waals surface area contributed by atoms with Crippen LogP contribution in [0.1, 0.15) is 69.3 Å². The van der Waals surface area contributed by atoms with E-state index >= 15 is 0 Å². The average Bonchev–Trinajstić information content (AvgIpc) is 3.71. The molecule has 1 unspecified atom stereocenters. The van der Waals surface area contributed by atoms with Gasteiger partial charge in [0.25, 0.3) is 0 Å². The van der Waals surface area contributed by atoms with Gasteiger partial charge in [-0.25, -0.2) is 0 Å². The Morgan fingerprint density at radius 2 is 1.24 bits per heavy atom. The first-order valence-corrected chi connectivity index (χ1v) is 20.0. The van der Waals surface area contributed by atoms with Gasteiger partial charge >= 0.3 is 0 Å². The smallest absolute Gasteiger partial charge is 0.178 e. The van der Waals surface area contributed by atoms with Crippen molar-refractivity contribution in [1.82, 2.24) is 0 Å². The van der Waals surface area contributed by atoms with Crippen molar-refractivity contribution in [2.45, 2.75) is 44.1 Å². The van der Waals surface area contributed by atoms with E-state index in [2.05, 4.69) is 170 Å². The number of nitrogens with zero attached hydrogens (tertiary/aromatic N) is 1. The van der Waals surface area contributed by atoms with Gasteiger partial charge in [-0.05, 0) is 118 Å². The van der Waals surface area contributed by atoms with E-state index in [9.17, 15) is 0 Å². The number of anilines is 1. The molecule has 1 fully saturated rings. The lowest BCUT2D eigenvalue weighted by molar-refractivity contribution is 0.163. The molecule has 0 aromatic heterocycles. The van der Waals surface area contributed by atoms with Crippen LogP contribution in [0, 0.1) is 13.8 Å². The highest BCUT2D eigenvalue weighted by atomic mass is 16.5. The zero-order valence-electron chi connectivity index (χ0n) is 31.3. The summed E-state index contributed by atoms with van der Waals surface area (Å²) in [5.41, 5.74) is 14.0. The molecule has 2 aliphatic carbocycles. The van der Waals surface area contributed by atoms with Gasteiger partial charge < -0.3 is 9.64 Å². The van der Waals surface area contributed by atoms with E-state index in [0.717, 1.165) is 30.0 Å². The summed E-state index contributed by atoms with van der Waals surface area (Å²) in [5, 5.41) is 7.76. The van der Waals surface area contributed by atoms with Gasteiger partial charge in [0.2, 0.25) is 0 Å². The van der Waals surface area contributed by atoms with Gasteiger partial charge in [0, 0.05) is 40.9 Å². The largest absolute Gasteiger partial charge is 0.472 e. The molecule has 2 heterocycles. The molecule has 0 bridgehead atoms. The molecule has 0 amide bonds. The molecule has 2 nitrogen and oxygen atoms in total. The number of aryl methyl sites for hydroxylation is 2. The second-order valence-electron chi connectivity index (χ2n) is 16.3. The molecule has 4 aliphatic rings. The summed E-state index contributed by atoms with van der Waals surface area (Å²) in [6.45, 7) is 6.69. The first kappa shape index (κ1) is 31.3. The predicted octanol–water partition coefficient (Wildman–Crippen LogP) is 12.8. The molecule has 1 atom stereocenters. The van der Waals surface area contributed by atoms with E-state index in [1.54, 1.807) is 0 Å². The second-order valence-corrected chi connectivity index (χ2v) is 16.3. The summed E-state index contributed by atoms with van der Waals surface area (Å²) in [6.07, 6.45) is 8.62. The Balaban J connectivity index is 1.18. The Labute approximate surface area is 322 Å². The Kier molecular flexibility index (Phi) is 6.37. The molecular weight excluding hydrogens is 667 g/mol. The minimum atomic E-state index is -0.812. The lowest BCUT2D eigenvalue weighted by Gasteiger charge is -2.39. The summed E-state index contributed by atoms with van der Waals surface area (Å²) in [4.78, 5) is 2.54. The number of hydrogen-bond acceptors (Lipinski definition) is 2. The molecule has 1 saturated heterocycles. The van der Waals surface area contributed by atoms with Crippen molar-refractivity contribution in [3.63, 3.8) is 0 Å². The maximum atomic E-state index is 7.82. The van der Waals surface area contributed by atoms with Crippen molar-refractivity contribution < 1.29 is 4.74 Å². The van der Waals surface area contributed by atoms with Gasteiger partial charge in [0.1, 0.15) is 5.75 Å². The first-order valence-electron chi connectivity index (χ1n) is 20.0. The number of piperidine rings is 1. The minimum absolute atomic E-state index is 0.501. The summed E-state index contributed by atoms with van der Waals surface area (Å²) in [6, 6.07) is 52.7. The van der Waals surface area contributed by atoms with Gasteiger partial charge in [0.05, 0.1) is 5.41 Å². The van der Waals surface area contributed by atoms with Crippen LogP contribution in [0.2, 0.25) is 0 Å². The second kappa shape index (κ2) is 11.2. The number of fused-ring (bicyclic) bond motifs is 12. The molecule has 1 spiro atoms. The maximum Gasteiger partial charge on any atom is 0.178 e. The van der Waals surface area contributed by atoms with Crippen LogP contribution in [0.25, 0.3) is 49.5 Å². The standard InChI is InChI=1S/C53H41NO/c1-33-17-25-40-43(31-33)51-42(27-28-52(55-51,37-13-5-3-6-14-37)38-21-23-39(24-22-38)54-29-7-4-8-30-54)50-49(40)41-26-18-34(2)32-46(41)53(50)44-15-9-11-35-19-20-36-12-10-16-45(53)48(36)47(35)44/h3,5-6,9-28,31-32H,4,7-8,29-30H2,1-2H3. The summed E-state index contributed by atoms with van der Waals surface area (Å²) >= 11 is 0. The predicted molar refractivity (Wildman–Crippen MR) is 229 cm³/mol. The third kappa shape index (κ3) is 4.04. The van der Waals surface area contributed by atoms with Crippen LogP contribution in [0.4, 0.5) is 5.69 Å². The molecule has 55 heavy (non-hydrogen) atoms. The summed E-state index contributed by atoms with van der Waals surface area (Å²) in [5.74, 6) is 0.961. The molecule has 8 aromatic rings. The van der Waals surface area contributed by atoms with E-state index in [0.29, 0.717) is 0 Å². The lowest BCUT2D eigenvalue weighted by Crippen LogP contribution is -2.36. The quantitative estimate of drug-likeness (QED) is 0.170. The Bertz CT molecular complexity index is 2890.